The Morgan fingerprint density at radius 2 is 1.55 bits per heavy atom. The van der Waals surface area contributed by atoms with E-state index in [9.17, 15) is 9.59 Å². The summed E-state index contributed by atoms with van der Waals surface area (Å²) in [6.07, 6.45) is 0. The van der Waals surface area contributed by atoms with Crippen LogP contribution < -0.4 is 10.1 Å². The van der Waals surface area contributed by atoms with Crippen molar-refractivity contribution in [3.63, 3.8) is 0 Å². The fraction of sp³-hybridized carbons (Fsp3) is 0.125. The third-order valence-corrected chi connectivity index (χ3v) is 2.69. The zero-order valence-corrected chi connectivity index (χ0v) is 11.3. The maximum absolute atomic E-state index is 12.0. The number of rotatable bonds is 3. The van der Waals surface area contributed by atoms with E-state index in [1.807, 2.05) is 19.1 Å². The van der Waals surface area contributed by atoms with Crippen LogP contribution in [0.3, 0.4) is 0 Å². The molecule has 0 heterocycles. The second-order valence-electron chi connectivity index (χ2n) is 4.44. The highest BCUT2D eigenvalue weighted by Crippen LogP contribution is 2.16. The van der Waals surface area contributed by atoms with E-state index < -0.39 is 0 Å². The topological polar surface area (TPSA) is 55.4 Å². The van der Waals surface area contributed by atoms with E-state index in [1.54, 1.807) is 36.4 Å². The first kappa shape index (κ1) is 13.8. The van der Waals surface area contributed by atoms with Gasteiger partial charge in [0.05, 0.1) is 0 Å². The monoisotopic (exact) mass is 269 g/mol. The predicted octanol–water partition coefficient (Wildman–Crippen LogP) is 3.17. The Hall–Kier alpha value is -2.62. The van der Waals surface area contributed by atoms with Crippen LogP contribution in [-0.4, -0.2) is 11.9 Å². The number of carbonyl (C=O) groups is 2. The van der Waals surface area contributed by atoms with E-state index >= 15 is 0 Å². The number of amides is 1. The van der Waals surface area contributed by atoms with Crippen molar-refractivity contribution < 1.29 is 14.3 Å². The molecular formula is C16H15NO3. The highest BCUT2D eigenvalue weighted by Gasteiger charge is 2.06. The summed E-state index contributed by atoms with van der Waals surface area (Å²) in [6.45, 7) is 3.31. The average molecular weight is 269 g/mol. The van der Waals surface area contributed by atoms with Gasteiger partial charge in [-0.3, -0.25) is 9.59 Å². The van der Waals surface area contributed by atoms with Crippen molar-refractivity contribution >= 4 is 17.6 Å². The average Bonchev–Trinajstić information content (AvgIpc) is 2.41. The molecular weight excluding hydrogens is 254 g/mol. The molecule has 4 heteroatoms. The van der Waals surface area contributed by atoms with E-state index in [4.69, 9.17) is 4.74 Å². The number of carbonyl (C=O) groups excluding carboxylic acids is 2. The van der Waals surface area contributed by atoms with E-state index in [0.29, 0.717) is 17.0 Å². The summed E-state index contributed by atoms with van der Waals surface area (Å²) >= 11 is 0. The molecule has 102 valence electrons. The molecule has 0 fully saturated rings. The molecule has 1 N–H and O–H groups in total. The van der Waals surface area contributed by atoms with Crippen LogP contribution in [0.15, 0.2) is 48.5 Å². The first-order valence-electron chi connectivity index (χ1n) is 6.21. The Kier molecular flexibility index (Phi) is 4.15. The Balaban J connectivity index is 2.04. The molecule has 2 aromatic carbocycles. The smallest absolute Gasteiger partial charge is 0.308 e. The lowest BCUT2D eigenvalue weighted by Gasteiger charge is -2.06. The number of hydrogen-bond donors (Lipinski definition) is 1. The van der Waals surface area contributed by atoms with E-state index in [1.165, 1.54) is 6.92 Å². The number of aryl methyl sites for hydroxylation is 1. The van der Waals surface area contributed by atoms with Crippen molar-refractivity contribution in [2.45, 2.75) is 13.8 Å². The van der Waals surface area contributed by atoms with Gasteiger partial charge in [-0.25, -0.2) is 0 Å². The van der Waals surface area contributed by atoms with Crippen LogP contribution in [0, 0.1) is 6.92 Å². The number of hydrogen-bond acceptors (Lipinski definition) is 3. The SMILES string of the molecule is CC(=O)Oc1ccc(NC(=O)c2ccc(C)cc2)cc1. The van der Waals surface area contributed by atoms with Gasteiger partial charge in [-0.1, -0.05) is 17.7 Å². The molecule has 0 unspecified atom stereocenters. The molecule has 0 bridgehead atoms. The van der Waals surface area contributed by atoms with Gasteiger partial charge in [0, 0.05) is 18.2 Å². The van der Waals surface area contributed by atoms with Gasteiger partial charge in [0.2, 0.25) is 0 Å². The Morgan fingerprint density at radius 1 is 0.950 bits per heavy atom. The number of benzene rings is 2. The van der Waals surface area contributed by atoms with Gasteiger partial charge in [0.15, 0.2) is 0 Å². The van der Waals surface area contributed by atoms with Crippen LogP contribution in [0.2, 0.25) is 0 Å². The number of nitrogens with one attached hydrogen (secondary N) is 1. The first-order valence-corrected chi connectivity index (χ1v) is 6.21. The third-order valence-electron chi connectivity index (χ3n) is 2.69. The van der Waals surface area contributed by atoms with Crippen molar-refractivity contribution in [1.82, 2.24) is 0 Å². The quantitative estimate of drug-likeness (QED) is 0.687. The fourth-order valence-electron chi connectivity index (χ4n) is 1.68. The summed E-state index contributed by atoms with van der Waals surface area (Å²) in [7, 11) is 0. The van der Waals surface area contributed by atoms with Gasteiger partial charge < -0.3 is 10.1 Å². The van der Waals surface area contributed by atoms with Crippen LogP contribution in [0.5, 0.6) is 5.75 Å². The predicted molar refractivity (Wildman–Crippen MR) is 76.9 cm³/mol. The van der Waals surface area contributed by atoms with E-state index in [-0.39, 0.29) is 11.9 Å². The van der Waals surface area contributed by atoms with Gasteiger partial charge in [0.1, 0.15) is 5.75 Å². The minimum atomic E-state index is -0.374. The molecule has 1 amide bonds. The third kappa shape index (κ3) is 3.68. The van der Waals surface area contributed by atoms with Gasteiger partial charge in [-0.05, 0) is 43.3 Å². The molecule has 20 heavy (non-hydrogen) atoms. The second-order valence-corrected chi connectivity index (χ2v) is 4.44. The van der Waals surface area contributed by atoms with Crippen LogP contribution in [0.4, 0.5) is 5.69 Å². The molecule has 0 aliphatic rings. The van der Waals surface area contributed by atoms with Gasteiger partial charge in [-0.15, -0.1) is 0 Å². The van der Waals surface area contributed by atoms with Crippen molar-refractivity contribution in [1.29, 1.82) is 0 Å². The molecule has 2 rings (SSSR count). The summed E-state index contributed by atoms with van der Waals surface area (Å²) in [4.78, 5) is 22.8. The fourth-order valence-corrected chi connectivity index (χ4v) is 1.68. The summed E-state index contributed by atoms with van der Waals surface area (Å²) in [6, 6.07) is 14.0. The number of anilines is 1. The van der Waals surface area contributed by atoms with E-state index in [2.05, 4.69) is 5.32 Å². The minimum Gasteiger partial charge on any atom is -0.427 e. The van der Waals surface area contributed by atoms with E-state index in [0.717, 1.165) is 5.56 Å². The number of esters is 1. The Bertz CT molecular complexity index is 615. The normalized spacial score (nSPS) is 9.90. The van der Waals surface area contributed by atoms with Gasteiger partial charge in [-0.2, -0.15) is 0 Å². The molecule has 0 aromatic heterocycles. The largest absolute Gasteiger partial charge is 0.427 e. The first-order chi connectivity index (χ1) is 9.54. The van der Waals surface area contributed by atoms with Crippen molar-refractivity contribution in [2.24, 2.45) is 0 Å². The van der Waals surface area contributed by atoms with Crippen molar-refractivity contribution in [2.75, 3.05) is 5.32 Å². The van der Waals surface area contributed by atoms with Crippen molar-refractivity contribution in [3.05, 3.63) is 59.7 Å². The maximum atomic E-state index is 12.0. The van der Waals surface area contributed by atoms with Crippen LogP contribution in [-0.2, 0) is 4.79 Å². The van der Waals surface area contributed by atoms with Gasteiger partial charge in [0.25, 0.3) is 5.91 Å². The molecule has 0 aliphatic heterocycles. The summed E-state index contributed by atoms with van der Waals surface area (Å²) in [5, 5.41) is 2.78. The lowest BCUT2D eigenvalue weighted by Crippen LogP contribution is -2.11. The summed E-state index contributed by atoms with van der Waals surface area (Å²) in [5.41, 5.74) is 2.35. The molecule has 0 radical (unpaired) electrons. The molecule has 0 spiro atoms. The highest BCUT2D eigenvalue weighted by molar-refractivity contribution is 6.04. The van der Waals surface area contributed by atoms with Crippen molar-refractivity contribution in [3.8, 4) is 5.75 Å². The molecule has 0 saturated heterocycles. The molecule has 4 nitrogen and oxygen atoms in total. The van der Waals surface area contributed by atoms with Crippen LogP contribution in [0.25, 0.3) is 0 Å². The summed E-state index contributed by atoms with van der Waals surface area (Å²) in [5.74, 6) is -0.0995. The highest BCUT2D eigenvalue weighted by atomic mass is 16.5. The lowest BCUT2D eigenvalue weighted by molar-refractivity contribution is -0.131. The second kappa shape index (κ2) is 6.02. The van der Waals surface area contributed by atoms with Crippen LogP contribution in [0.1, 0.15) is 22.8 Å². The zero-order chi connectivity index (χ0) is 14.5. The standard InChI is InChI=1S/C16H15NO3/c1-11-3-5-13(6-4-11)16(19)17-14-7-9-15(10-8-14)20-12(2)18/h3-10H,1-2H3,(H,17,19). The molecule has 0 atom stereocenters. The molecule has 0 aliphatic carbocycles. The minimum absolute atomic E-state index is 0.176. The molecule has 2 aromatic rings. The Labute approximate surface area is 117 Å². The molecule has 0 saturated carbocycles. The maximum Gasteiger partial charge on any atom is 0.308 e. The number of ether oxygens (including phenoxy) is 1. The van der Waals surface area contributed by atoms with Crippen LogP contribution >= 0.6 is 0 Å². The zero-order valence-electron chi connectivity index (χ0n) is 11.3. The summed E-state index contributed by atoms with van der Waals surface area (Å²) < 4.78 is 4.92. The Morgan fingerprint density at radius 3 is 2.10 bits per heavy atom. The van der Waals surface area contributed by atoms with Gasteiger partial charge >= 0.3 is 5.97 Å². The lowest BCUT2D eigenvalue weighted by atomic mass is 10.1.